The lowest BCUT2D eigenvalue weighted by molar-refractivity contribution is -0.116. The Morgan fingerprint density at radius 2 is 2.04 bits per heavy atom. The van der Waals surface area contributed by atoms with Gasteiger partial charge in [0.05, 0.1) is 19.9 Å². The van der Waals surface area contributed by atoms with Gasteiger partial charge in [0.15, 0.2) is 0 Å². The molecule has 1 amide bonds. The van der Waals surface area contributed by atoms with E-state index < -0.39 is 0 Å². The Kier molecular flexibility index (Phi) is 5.43. The molecule has 26 heavy (non-hydrogen) atoms. The molecule has 0 fully saturated rings. The molecule has 134 valence electrons. The number of carbonyl (C=O) groups is 1. The van der Waals surface area contributed by atoms with Crippen LogP contribution in [0.1, 0.15) is 12.0 Å². The van der Waals surface area contributed by atoms with Crippen LogP contribution in [0, 0.1) is 0 Å². The summed E-state index contributed by atoms with van der Waals surface area (Å²) in [6.45, 7) is 0. The Morgan fingerprint density at radius 1 is 1.15 bits per heavy atom. The molecule has 0 radical (unpaired) electrons. The number of carbonyl (C=O) groups excluding carboxylic acids is 1. The Labute approximate surface area is 150 Å². The number of methoxy groups -OCH3 is 2. The third-order valence-corrected chi connectivity index (χ3v) is 3.85. The summed E-state index contributed by atoms with van der Waals surface area (Å²) in [5.74, 6) is 1.37. The van der Waals surface area contributed by atoms with Gasteiger partial charge in [0.1, 0.15) is 17.8 Å². The standard InChI is InChI=1S/C18H19N5O3/c1-25-16-7-8-17(26-2)13(10-16)6-9-18(24)20-14-4-3-5-15(11-14)23-12-19-21-22-23/h3-5,7-8,10-12H,6,9H2,1-2H3,(H,20,24). The van der Waals surface area contributed by atoms with E-state index in [-0.39, 0.29) is 5.91 Å². The predicted molar refractivity (Wildman–Crippen MR) is 95.7 cm³/mol. The summed E-state index contributed by atoms with van der Waals surface area (Å²) in [4.78, 5) is 12.3. The minimum absolute atomic E-state index is 0.0938. The van der Waals surface area contributed by atoms with Gasteiger partial charge in [-0.05, 0) is 58.8 Å². The van der Waals surface area contributed by atoms with Crippen LogP contribution in [0.2, 0.25) is 0 Å². The fourth-order valence-corrected chi connectivity index (χ4v) is 2.55. The van der Waals surface area contributed by atoms with Crippen molar-refractivity contribution in [3.8, 4) is 17.2 Å². The molecule has 0 aliphatic carbocycles. The summed E-state index contributed by atoms with van der Waals surface area (Å²) in [6, 6.07) is 12.8. The van der Waals surface area contributed by atoms with E-state index in [1.807, 2.05) is 36.4 Å². The number of anilines is 1. The topological polar surface area (TPSA) is 91.2 Å². The number of hydrogen-bond donors (Lipinski definition) is 1. The van der Waals surface area contributed by atoms with Crippen LogP contribution in [0.4, 0.5) is 5.69 Å². The minimum Gasteiger partial charge on any atom is -0.497 e. The van der Waals surface area contributed by atoms with Crippen LogP contribution in [-0.4, -0.2) is 40.3 Å². The lowest BCUT2D eigenvalue weighted by Gasteiger charge is -2.11. The first-order valence-electron chi connectivity index (χ1n) is 8.04. The van der Waals surface area contributed by atoms with Crippen LogP contribution in [0.25, 0.3) is 5.69 Å². The highest BCUT2D eigenvalue weighted by Crippen LogP contribution is 2.25. The lowest BCUT2D eigenvalue weighted by atomic mass is 10.1. The SMILES string of the molecule is COc1ccc(OC)c(CCC(=O)Nc2cccc(-n3cnnn3)c2)c1. The number of aryl methyl sites for hydroxylation is 1. The summed E-state index contributed by atoms with van der Waals surface area (Å²) in [5, 5.41) is 13.9. The average molecular weight is 353 g/mol. The van der Waals surface area contributed by atoms with Gasteiger partial charge in [0.2, 0.25) is 5.91 Å². The van der Waals surface area contributed by atoms with Crippen LogP contribution < -0.4 is 14.8 Å². The van der Waals surface area contributed by atoms with E-state index in [9.17, 15) is 4.79 Å². The molecule has 3 aromatic rings. The number of nitrogens with one attached hydrogen (secondary N) is 1. The van der Waals surface area contributed by atoms with Gasteiger partial charge in [-0.15, -0.1) is 5.10 Å². The van der Waals surface area contributed by atoms with Crippen LogP contribution in [0.15, 0.2) is 48.8 Å². The first kappa shape index (κ1) is 17.4. The van der Waals surface area contributed by atoms with Gasteiger partial charge < -0.3 is 14.8 Å². The average Bonchev–Trinajstić information content (AvgIpc) is 3.21. The zero-order valence-electron chi connectivity index (χ0n) is 14.5. The summed E-state index contributed by atoms with van der Waals surface area (Å²) in [5.41, 5.74) is 2.37. The second-order valence-electron chi connectivity index (χ2n) is 5.53. The van der Waals surface area contributed by atoms with Crippen LogP contribution >= 0.6 is 0 Å². The summed E-state index contributed by atoms with van der Waals surface area (Å²) in [6.07, 6.45) is 2.35. The third kappa shape index (κ3) is 4.15. The number of aromatic nitrogens is 4. The van der Waals surface area contributed by atoms with E-state index in [1.165, 1.54) is 11.0 Å². The maximum absolute atomic E-state index is 12.3. The third-order valence-electron chi connectivity index (χ3n) is 3.85. The Bertz CT molecular complexity index is 880. The molecule has 2 aromatic carbocycles. The van der Waals surface area contributed by atoms with Crippen molar-refractivity contribution in [1.82, 2.24) is 20.2 Å². The van der Waals surface area contributed by atoms with E-state index in [0.29, 0.717) is 18.5 Å². The molecular formula is C18H19N5O3. The van der Waals surface area contributed by atoms with Crippen molar-refractivity contribution >= 4 is 11.6 Å². The Hall–Kier alpha value is -3.42. The van der Waals surface area contributed by atoms with Crippen LogP contribution in [0.5, 0.6) is 11.5 Å². The van der Waals surface area contributed by atoms with Crippen LogP contribution in [-0.2, 0) is 11.2 Å². The largest absolute Gasteiger partial charge is 0.497 e. The van der Waals surface area contributed by atoms with Gasteiger partial charge in [0, 0.05) is 12.1 Å². The molecule has 1 heterocycles. The number of hydrogen-bond acceptors (Lipinski definition) is 6. The number of benzene rings is 2. The van der Waals surface area contributed by atoms with Crippen LogP contribution in [0.3, 0.4) is 0 Å². The normalized spacial score (nSPS) is 10.4. The molecule has 3 rings (SSSR count). The first-order chi connectivity index (χ1) is 12.7. The molecule has 1 aromatic heterocycles. The highest BCUT2D eigenvalue weighted by atomic mass is 16.5. The van der Waals surface area contributed by atoms with Gasteiger partial charge in [-0.1, -0.05) is 6.07 Å². The van der Waals surface area contributed by atoms with Crippen molar-refractivity contribution in [3.05, 3.63) is 54.4 Å². The van der Waals surface area contributed by atoms with E-state index in [0.717, 1.165) is 22.7 Å². The van der Waals surface area contributed by atoms with Crippen molar-refractivity contribution in [2.45, 2.75) is 12.8 Å². The van der Waals surface area contributed by atoms with Gasteiger partial charge in [0.25, 0.3) is 0 Å². The molecular weight excluding hydrogens is 334 g/mol. The van der Waals surface area contributed by atoms with Crippen molar-refractivity contribution in [2.75, 3.05) is 19.5 Å². The maximum Gasteiger partial charge on any atom is 0.224 e. The summed E-state index contributed by atoms with van der Waals surface area (Å²) < 4.78 is 12.1. The zero-order valence-corrected chi connectivity index (χ0v) is 14.5. The molecule has 0 atom stereocenters. The fourth-order valence-electron chi connectivity index (χ4n) is 2.55. The number of amides is 1. The molecule has 0 aliphatic rings. The first-order valence-corrected chi connectivity index (χ1v) is 8.04. The number of tetrazole rings is 1. The maximum atomic E-state index is 12.3. The Morgan fingerprint density at radius 3 is 2.77 bits per heavy atom. The predicted octanol–water partition coefficient (Wildman–Crippen LogP) is 2.25. The van der Waals surface area contributed by atoms with Gasteiger partial charge in [-0.25, -0.2) is 4.68 Å². The second-order valence-corrected chi connectivity index (χ2v) is 5.53. The smallest absolute Gasteiger partial charge is 0.224 e. The fraction of sp³-hybridized carbons (Fsp3) is 0.222. The monoisotopic (exact) mass is 353 g/mol. The van der Waals surface area contributed by atoms with Gasteiger partial charge in [-0.2, -0.15) is 0 Å². The number of ether oxygens (including phenoxy) is 2. The molecule has 0 unspecified atom stereocenters. The highest BCUT2D eigenvalue weighted by molar-refractivity contribution is 5.91. The van der Waals surface area contributed by atoms with E-state index in [4.69, 9.17) is 9.47 Å². The molecule has 8 nitrogen and oxygen atoms in total. The van der Waals surface area contributed by atoms with Crippen molar-refractivity contribution in [1.29, 1.82) is 0 Å². The zero-order chi connectivity index (χ0) is 18.4. The molecule has 0 saturated carbocycles. The number of rotatable bonds is 7. The summed E-state index contributed by atoms with van der Waals surface area (Å²) >= 11 is 0. The van der Waals surface area contributed by atoms with E-state index >= 15 is 0 Å². The molecule has 8 heteroatoms. The van der Waals surface area contributed by atoms with E-state index in [2.05, 4.69) is 20.8 Å². The highest BCUT2D eigenvalue weighted by Gasteiger charge is 2.09. The van der Waals surface area contributed by atoms with Crippen molar-refractivity contribution in [3.63, 3.8) is 0 Å². The van der Waals surface area contributed by atoms with Gasteiger partial charge in [-0.3, -0.25) is 4.79 Å². The molecule has 0 saturated heterocycles. The molecule has 1 N–H and O–H groups in total. The lowest BCUT2D eigenvalue weighted by Crippen LogP contribution is -2.13. The molecule has 0 bridgehead atoms. The second kappa shape index (κ2) is 8.11. The van der Waals surface area contributed by atoms with Crippen molar-refractivity contribution < 1.29 is 14.3 Å². The molecule has 0 spiro atoms. The minimum atomic E-state index is -0.0938. The van der Waals surface area contributed by atoms with Crippen molar-refractivity contribution in [2.24, 2.45) is 0 Å². The molecule has 0 aliphatic heterocycles. The summed E-state index contributed by atoms with van der Waals surface area (Å²) in [7, 11) is 3.21. The Balaban J connectivity index is 1.64. The van der Waals surface area contributed by atoms with E-state index in [1.54, 1.807) is 20.3 Å². The van der Waals surface area contributed by atoms with Gasteiger partial charge >= 0.3 is 0 Å². The number of nitrogens with zero attached hydrogens (tertiary/aromatic N) is 4. The quantitative estimate of drug-likeness (QED) is 0.700.